The molecule has 0 bridgehead atoms. The van der Waals surface area contributed by atoms with Crippen molar-refractivity contribution >= 4 is 0 Å². The van der Waals surface area contributed by atoms with Gasteiger partial charge in [0.15, 0.2) is 0 Å². The molecule has 106 valence electrons. The molecule has 0 amide bonds. The van der Waals surface area contributed by atoms with Crippen LogP contribution in [0.15, 0.2) is 42.9 Å². The van der Waals surface area contributed by atoms with Crippen LogP contribution in [0.1, 0.15) is 30.5 Å². The largest absolute Gasteiger partial charge is 0.481 e. The van der Waals surface area contributed by atoms with Crippen molar-refractivity contribution in [2.45, 2.75) is 25.8 Å². The summed E-state index contributed by atoms with van der Waals surface area (Å²) >= 11 is 0. The second-order valence-corrected chi connectivity index (χ2v) is 4.67. The Bertz CT molecular complexity index is 516. The van der Waals surface area contributed by atoms with E-state index in [4.69, 9.17) is 4.74 Å². The molecule has 0 spiro atoms. The number of methoxy groups -OCH3 is 1. The summed E-state index contributed by atoms with van der Waals surface area (Å²) in [5, 5.41) is 3.57. The Hall–Kier alpha value is -1.94. The van der Waals surface area contributed by atoms with Gasteiger partial charge in [0.1, 0.15) is 0 Å². The van der Waals surface area contributed by atoms with Crippen LogP contribution in [0.2, 0.25) is 0 Å². The van der Waals surface area contributed by atoms with Gasteiger partial charge in [-0.15, -0.1) is 0 Å². The van der Waals surface area contributed by atoms with Crippen molar-refractivity contribution in [3.63, 3.8) is 0 Å². The van der Waals surface area contributed by atoms with Crippen LogP contribution in [-0.4, -0.2) is 23.6 Å². The minimum absolute atomic E-state index is 0.195. The molecular weight excluding hydrogens is 250 g/mol. The summed E-state index contributed by atoms with van der Waals surface area (Å²) in [5.41, 5.74) is 2.35. The fourth-order valence-corrected chi connectivity index (χ4v) is 2.20. The van der Waals surface area contributed by atoms with E-state index in [1.54, 1.807) is 13.3 Å². The van der Waals surface area contributed by atoms with Gasteiger partial charge in [-0.2, -0.15) is 0 Å². The summed E-state index contributed by atoms with van der Waals surface area (Å²) in [6.07, 6.45) is 7.39. The number of pyridine rings is 2. The summed E-state index contributed by atoms with van der Waals surface area (Å²) in [4.78, 5) is 8.36. The highest BCUT2D eigenvalue weighted by Crippen LogP contribution is 2.25. The molecule has 4 nitrogen and oxygen atoms in total. The Morgan fingerprint density at radius 3 is 2.70 bits per heavy atom. The van der Waals surface area contributed by atoms with Gasteiger partial charge in [0.2, 0.25) is 5.88 Å². The molecule has 0 aromatic carbocycles. The second-order valence-electron chi connectivity index (χ2n) is 4.67. The van der Waals surface area contributed by atoms with E-state index in [1.807, 2.05) is 30.6 Å². The summed E-state index contributed by atoms with van der Waals surface area (Å²) in [6.45, 7) is 3.13. The normalized spacial score (nSPS) is 12.1. The van der Waals surface area contributed by atoms with Crippen LogP contribution in [-0.2, 0) is 6.42 Å². The third kappa shape index (κ3) is 3.78. The van der Waals surface area contributed by atoms with Crippen LogP contribution in [0.4, 0.5) is 0 Å². The van der Waals surface area contributed by atoms with Crippen molar-refractivity contribution in [3.8, 4) is 5.88 Å². The average molecular weight is 271 g/mol. The lowest BCUT2D eigenvalue weighted by Gasteiger charge is -2.20. The molecule has 0 aliphatic heterocycles. The Balaban J connectivity index is 2.22. The van der Waals surface area contributed by atoms with Gasteiger partial charge < -0.3 is 10.1 Å². The summed E-state index contributed by atoms with van der Waals surface area (Å²) in [6, 6.07) is 8.30. The van der Waals surface area contributed by atoms with Crippen LogP contribution in [0.3, 0.4) is 0 Å². The molecule has 0 aliphatic rings. The first-order chi connectivity index (χ1) is 9.85. The van der Waals surface area contributed by atoms with E-state index in [-0.39, 0.29) is 6.04 Å². The fraction of sp³-hybridized carbons (Fsp3) is 0.375. The standard InChI is InChI=1S/C16H21N3O/c1-3-8-18-15(12-13-6-10-17-11-7-13)14-5-4-9-19-16(14)20-2/h4-7,9-11,15,18H,3,8,12H2,1-2H3. The summed E-state index contributed by atoms with van der Waals surface area (Å²) in [7, 11) is 1.66. The van der Waals surface area contributed by atoms with E-state index < -0.39 is 0 Å². The van der Waals surface area contributed by atoms with Gasteiger partial charge in [0, 0.05) is 30.2 Å². The van der Waals surface area contributed by atoms with Crippen LogP contribution in [0, 0.1) is 0 Å². The van der Waals surface area contributed by atoms with Crippen LogP contribution in [0.25, 0.3) is 0 Å². The Morgan fingerprint density at radius 1 is 1.20 bits per heavy atom. The number of ether oxygens (including phenoxy) is 1. The van der Waals surface area contributed by atoms with E-state index in [1.165, 1.54) is 5.56 Å². The molecule has 0 saturated carbocycles. The Labute approximate surface area is 120 Å². The third-order valence-electron chi connectivity index (χ3n) is 3.20. The highest BCUT2D eigenvalue weighted by Gasteiger charge is 2.16. The maximum Gasteiger partial charge on any atom is 0.217 e. The molecule has 0 aliphatic carbocycles. The SMILES string of the molecule is CCCNC(Cc1ccncc1)c1cccnc1OC. The van der Waals surface area contributed by atoms with E-state index >= 15 is 0 Å². The first-order valence-corrected chi connectivity index (χ1v) is 6.96. The molecule has 0 saturated heterocycles. The van der Waals surface area contributed by atoms with Crippen molar-refractivity contribution in [1.82, 2.24) is 15.3 Å². The predicted octanol–water partition coefficient (Wildman–Crippen LogP) is 2.77. The van der Waals surface area contributed by atoms with Crippen molar-refractivity contribution in [3.05, 3.63) is 54.0 Å². The average Bonchev–Trinajstić information content (AvgIpc) is 2.52. The predicted molar refractivity (Wildman–Crippen MR) is 79.8 cm³/mol. The number of nitrogens with one attached hydrogen (secondary N) is 1. The number of aromatic nitrogens is 2. The monoisotopic (exact) mass is 271 g/mol. The zero-order valence-corrected chi connectivity index (χ0v) is 12.0. The van der Waals surface area contributed by atoms with E-state index in [2.05, 4.69) is 28.3 Å². The van der Waals surface area contributed by atoms with Crippen molar-refractivity contribution in [2.24, 2.45) is 0 Å². The van der Waals surface area contributed by atoms with Gasteiger partial charge in [-0.25, -0.2) is 4.98 Å². The van der Waals surface area contributed by atoms with Gasteiger partial charge in [-0.1, -0.05) is 13.0 Å². The van der Waals surface area contributed by atoms with Gasteiger partial charge in [0.25, 0.3) is 0 Å². The Kier molecular flexibility index (Phi) is 5.50. The molecule has 4 heteroatoms. The second kappa shape index (κ2) is 7.60. The molecule has 20 heavy (non-hydrogen) atoms. The lowest BCUT2D eigenvalue weighted by molar-refractivity contribution is 0.381. The molecule has 2 aromatic rings. The molecule has 1 unspecified atom stereocenters. The highest BCUT2D eigenvalue weighted by molar-refractivity contribution is 5.30. The van der Waals surface area contributed by atoms with Gasteiger partial charge >= 0.3 is 0 Å². The molecule has 0 radical (unpaired) electrons. The maximum atomic E-state index is 5.38. The van der Waals surface area contributed by atoms with Crippen molar-refractivity contribution < 1.29 is 4.74 Å². The zero-order chi connectivity index (χ0) is 14.2. The first-order valence-electron chi connectivity index (χ1n) is 6.96. The molecule has 2 heterocycles. The maximum absolute atomic E-state index is 5.38. The number of hydrogen-bond donors (Lipinski definition) is 1. The van der Waals surface area contributed by atoms with E-state index in [9.17, 15) is 0 Å². The Morgan fingerprint density at radius 2 is 2.00 bits per heavy atom. The summed E-state index contributed by atoms with van der Waals surface area (Å²) < 4.78 is 5.38. The van der Waals surface area contributed by atoms with E-state index in [0.717, 1.165) is 24.9 Å². The topological polar surface area (TPSA) is 47.0 Å². The number of nitrogens with zero attached hydrogens (tertiary/aromatic N) is 2. The molecule has 0 fully saturated rings. The molecule has 2 rings (SSSR count). The number of rotatable bonds is 7. The highest BCUT2D eigenvalue weighted by atomic mass is 16.5. The fourth-order valence-electron chi connectivity index (χ4n) is 2.20. The zero-order valence-electron chi connectivity index (χ0n) is 12.0. The van der Waals surface area contributed by atoms with Gasteiger partial charge in [0.05, 0.1) is 7.11 Å². The van der Waals surface area contributed by atoms with Crippen LogP contribution in [0.5, 0.6) is 5.88 Å². The molecular formula is C16H21N3O. The molecule has 1 N–H and O–H groups in total. The van der Waals surface area contributed by atoms with E-state index in [0.29, 0.717) is 5.88 Å². The van der Waals surface area contributed by atoms with Crippen LogP contribution >= 0.6 is 0 Å². The summed E-state index contributed by atoms with van der Waals surface area (Å²) in [5.74, 6) is 0.690. The van der Waals surface area contributed by atoms with Crippen molar-refractivity contribution in [2.75, 3.05) is 13.7 Å². The minimum atomic E-state index is 0.195. The quantitative estimate of drug-likeness (QED) is 0.841. The third-order valence-corrected chi connectivity index (χ3v) is 3.20. The lowest BCUT2D eigenvalue weighted by Crippen LogP contribution is -2.24. The first kappa shape index (κ1) is 14.5. The lowest BCUT2D eigenvalue weighted by atomic mass is 10.00. The minimum Gasteiger partial charge on any atom is -0.481 e. The van der Waals surface area contributed by atoms with Gasteiger partial charge in [-0.05, 0) is 43.1 Å². The smallest absolute Gasteiger partial charge is 0.217 e. The number of hydrogen-bond acceptors (Lipinski definition) is 4. The van der Waals surface area contributed by atoms with Crippen LogP contribution < -0.4 is 10.1 Å². The molecule has 2 aromatic heterocycles. The van der Waals surface area contributed by atoms with Crippen molar-refractivity contribution in [1.29, 1.82) is 0 Å². The molecule has 1 atom stereocenters. The van der Waals surface area contributed by atoms with Gasteiger partial charge in [-0.3, -0.25) is 4.98 Å².